The summed E-state index contributed by atoms with van der Waals surface area (Å²) in [5.74, 6) is 1.98. The van der Waals surface area contributed by atoms with Crippen LogP contribution in [0.1, 0.15) is 51.9 Å². The second-order valence-electron chi connectivity index (χ2n) is 12.7. The van der Waals surface area contributed by atoms with Gasteiger partial charge in [-0.25, -0.2) is 4.58 Å². The van der Waals surface area contributed by atoms with Gasteiger partial charge < -0.3 is 29.6 Å². The highest BCUT2D eigenvalue weighted by Crippen LogP contribution is 2.47. The number of nitrogens with zero attached hydrogens (tertiary/aromatic N) is 4. The average Bonchev–Trinajstić information content (AvgIpc) is 3.04. The van der Waals surface area contributed by atoms with Crippen molar-refractivity contribution >= 4 is 33.8 Å². The van der Waals surface area contributed by atoms with Crippen LogP contribution in [0.3, 0.4) is 0 Å². The Balaban J connectivity index is 1.77. The molecule has 0 radical (unpaired) electrons. The summed E-state index contributed by atoms with van der Waals surface area (Å²) in [7, 11) is 14.1. The lowest BCUT2D eigenvalue weighted by atomic mass is 9.92. The van der Waals surface area contributed by atoms with Gasteiger partial charge in [-0.3, -0.25) is 4.79 Å². The Kier molecular flexibility index (Phi) is 12.1. The molecule has 1 aliphatic heterocycles. The van der Waals surface area contributed by atoms with Crippen molar-refractivity contribution in [2.24, 2.45) is 5.73 Å². The number of hydrogen-bond donors (Lipinski definition) is 1. The van der Waals surface area contributed by atoms with Crippen LogP contribution < -0.4 is 35.1 Å². The van der Waals surface area contributed by atoms with Crippen molar-refractivity contribution in [1.82, 2.24) is 4.58 Å². The minimum Gasteiger partial charge on any atom is -0.496 e. The lowest BCUT2D eigenvalue weighted by Gasteiger charge is -2.30. The Morgan fingerprint density at radius 1 is 0.848 bits per heavy atom. The smallest absolute Gasteiger partial charge is 0.203 e. The lowest BCUT2D eigenvalue weighted by Crippen LogP contribution is -2.27. The topological polar surface area (TPSA) is 78.2 Å². The largest absolute Gasteiger partial charge is 0.496 e. The predicted octanol–water partition coefficient (Wildman–Crippen LogP) is 6.46. The number of hydrogen-bond acceptors (Lipinski definition) is 7. The second-order valence-corrected chi connectivity index (χ2v) is 12.7. The number of rotatable bonds is 16. The molecule has 4 rings (SSSR count). The van der Waals surface area contributed by atoms with Crippen molar-refractivity contribution in [2.45, 2.75) is 51.9 Å². The zero-order valence-corrected chi connectivity index (χ0v) is 29.3. The third-order valence-corrected chi connectivity index (χ3v) is 8.79. The van der Waals surface area contributed by atoms with Gasteiger partial charge in [0.05, 0.1) is 24.6 Å². The third kappa shape index (κ3) is 8.02. The van der Waals surface area contributed by atoms with Crippen LogP contribution in [0.5, 0.6) is 5.75 Å². The van der Waals surface area contributed by atoms with Crippen molar-refractivity contribution in [3.8, 4) is 28.2 Å². The van der Waals surface area contributed by atoms with Gasteiger partial charge in [0.1, 0.15) is 37.0 Å². The van der Waals surface area contributed by atoms with E-state index in [-0.39, 0.29) is 0 Å². The maximum Gasteiger partial charge on any atom is 0.203 e. The Bertz CT molecular complexity index is 1670. The quantitative estimate of drug-likeness (QED) is 0.0867. The molecule has 8 nitrogen and oxygen atoms in total. The fraction of sp³-hybridized carbons (Fsp3) is 0.474. The maximum atomic E-state index is 12.6. The van der Waals surface area contributed by atoms with Crippen LogP contribution in [0, 0.1) is 0 Å². The van der Waals surface area contributed by atoms with Gasteiger partial charge in [0.15, 0.2) is 0 Å². The van der Waals surface area contributed by atoms with Gasteiger partial charge in [-0.15, -0.1) is 0 Å². The number of fused-ring (bicyclic) bond motifs is 2. The van der Waals surface area contributed by atoms with E-state index in [1.807, 2.05) is 28.2 Å². The number of carbonyl (C=O) groups excluding carboxylic acids is 1. The van der Waals surface area contributed by atoms with E-state index >= 15 is 0 Å². The number of unbranched alkanes of at least 4 members (excludes halogenated alkanes) is 3. The van der Waals surface area contributed by atoms with E-state index < -0.39 is 0 Å². The molecule has 0 unspecified atom stereocenters. The van der Waals surface area contributed by atoms with E-state index in [2.05, 4.69) is 88.8 Å². The van der Waals surface area contributed by atoms with Gasteiger partial charge in [0.25, 0.3) is 0 Å². The van der Waals surface area contributed by atoms with E-state index in [0.29, 0.717) is 18.6 Å². The number of benzene rings is 3. The van der Waals surface area contributed by atoms with Crippen LogP contribution >= 0.6 is 0 Å². The van der Waals surface area contributed by atoms with Crippen LogP contribution in [-0.4, -0.2) is 74.8 Å². The summed E-state index contributed by atoms with van der Waals surface area (Å²) in [6.45, 7) is 4.53. The van der Waals surface area contributed by atoms with Crippen LogP contribution in [0.2, 0.25) is 0 Å². The van der Waals surface area contributed by atoms with Crippen LogP contribution in [-0.2, 0) is 4.79 Å². The monoisotopic (exact) mass is 628 g/mol. The van der Waals surface area contributed by atoms with E-state index in [9.17, 15) is 4.79 Å². The molecule has 2 aromatic rings. The number of anilines is 3. The highest BCUT2D eigenvalue weighted by Gasteiger charge is 2.24. The molecule has 0 fully saturated rings. The first kappa shape index (κ1) is 34.8. The van der Waals surface area contributed by atoms with Crippen molar-refractivity contribution in [2.75, 3.05) is 83.7 Å². The number of methoxy groups -OCH3 is 1. The normalized spacial score (nSPS) is 11.2. The Morgan fingerprint density at radius 3 is 2.24 bits per heavy atom. The van der Waals surface area contributed by atoms with Crippen molar-refractivity contribution in [3.05, 3.63) is 53.9 Å². The third-order valence-electron chi connectivity index (χ3n) is 8.79. The molecule has 8 heteroatoms. The molecular formula is C38H54N5O3+. The molecule has 0 amide bonds. The molecular weight excluding hydrogens is 574 g/mol. The van der Waals surface area contributed by atoms with Gasteiger partial charge >= 0.3 is 0 Å². The summed E-state index contributed by atoms with van der Waals surface area (Å²) in [5, 5.41) is 2.10. The second kappa shape index (κ2) is 16.0. The van der Waals surface area contributed by atoms with Crippen molar-refractivity contribution < 1.29 is 13.9 Å². The molecule has 0 bridgehead atoms. The minimum atomic E-state index is 0.354. The average molecular weight is 629 g/mol. The number of Topliss-reactive ketones (excluding diaryl/α,β-unsaturated/α-hetero) is 1. The Hall–Kier alpha value is -4.04. The number of carbonyl (C=O) groups is 1. The maximum absolute atomic E-state index is 12.6. The first-order chi connectivity index (χ1) is 22.1. The molecule has 0 saturated carbocycles. The van der Waals surface area contributed by atoms with Crippen LogP contribution in [0.25, 0.3) is 33.4 Å². The summed E-state index contributed by atoms with van der Waals surface area (Å²) in [5.41, 5.74) is 12.8. The molecule has 2 aliphatic rings. The fourth-order valence-electron chi connectivity index (χ4n) is 6.11. The standard InChI is InChI=1S/C38H54N5O3/c1-9-43(22-14-16-29(44)15-12-10-11-13-21-39)34-26-35(45-8)32(25-33(34)42(6)7)38-30-19-17-27(40(2)3)23-36(30)46-37-24-28(41(4)5)18-20-31(37)38/h17-20,23-26H,9-16,21-22,39H2,1-8H3/q+1. The Morgan fingerprint density at radius 2 is 1.59 bits per heavy atom. The molecule has 1 heterocycles. The predicted molar refractivity (Wildman–Crippen MR) is 195 cm³/mol. The zero-order chi connectivity index (χ0) is 33.4. The van der Waals surface area contributed by atoms with Crippen LogP contribution in [0.4, 0.5) is 17.1 Å². The van der Waals surface area contributed by atoms with Gasteiger partial charge in [-0.05, 0) is 57.0 Å². The molecule has 0 saturated heterocycles. The molecule has 248 valence electrons. The highest BCUT2D eigenvalue weighted by atomic mass is 16.5. The summed E-state index contributed by atoms with van der Waals surface area (Å²) < 4.78 is 14.8. The molecule has 0 spiro atoms. The highest BCUT2D eigenvalue weighted by molar-refractivity contribution is 6.05. The first-order valence-corrected chi connectivity index (χ1v) is 16.6. The Labute approximate surface area is 275 Å². The summed E-state index contributed by atoms with van der Waals surface area (Å²) in [4.78, 5) is 19.2. The van der Waals surface area contributed by atoms with E-state index in [0.717, 1.165) is 113 Å². The number of ketones is 1. The van der Waals surface area contributed by atoms with Gasteiger partial charge in [-0.2, -0.15) is 0 Å². The summed E-state index contributed by atoms with van der Waals surface area (Å²) in [6.07, 6.45) is 6.28. The fourth-order valence-corrected chi connectivity index (χ4v) is 6.11. The molecule has 0 atom stereocenters. The van der Waals surface area contributed by atoms with Crippen LogP contribution in [0.15, 0.2) is 52.9 Å². The minimum absolute atomic E-state index is 0.354. The molecule has 0 aromatic heterocycles. The lowest BCUT2D eigenvalue weighted by molar-refractivity contribution is -0.119. The van der Waals surface area contributed by atoms with Gasteiger partial charge in [0.2, 0.25) is 5.36 Å². The summed E-state index contributed by atoms with van der Waals surface area (Å²) in [6, 6.07) is 17.2. The molecule has 46 heavy (non-hydrogen) atoms. The van der Waals surface area contributed by atoms with E-state index in [1.54, 1.807) is 7.11 Å². The number of nitrogens with two attached hydrogens (primary N) is 1. The molecule has 1 aliphatic carbocycles. The zero-order valence-electron chi connectivity index (χ0n) is 29.3. The van der Waals surface area contributed by atoms with Crippen molar-refractivity contribution in [1.29, 1.82) is 0 Å². The molecule has 2 N–H and O–H groups in total. The SMILES string of the molecule is CCN(CCCC(=O)CCCCCCN)c1cc(OC)c(-c2c3ccc(=[N+](C)C)cc-3oc3cc(N(C)C)ccc23)cc1N(C)C. The number of ether oxygens (including phenoxy) is 1. The molecule has 2 aromatic carbocycles. The van der Waals surface area contributed by atoms with Crippen molar-refractivity contribution in [3.63, 3.8) is 0 Å². The summed E-state index contributed by atoms with van der Waals surface area (Å²) >= 11 is 0. The van der Waals surface area contributed by atoms with Gasteiger partial charge in [0, 0.05) is 100 Å². The van der Waals surface area contributed by atoms with E-state index in [4.69, 9.17) is 14.9 Å². The first-order valence-electron chi connectivity index (χ1n) is 16.6. The van der Waals surface area contributed by atoms with E-state index in [1.165, 1.54) is 0 Å². The van der Waals surface area contributed by atoms with Gasteiger partial charge in [-0.1, -0.05) is 12.8 Å².